The number of halogens is 5. The fraction of sp³-hybridized carbons (Fsp3) is 0.205. The van der Waals surface area contributed by atoms with Crippen LogP contribution in [0.1, 0.15) is 57.0 Å². The topological polar surface area (TPSA) is 71.0 Å². The lowest BCUT2D eigenvalue weighted by atomic mass is 9.99. The average Bonchev–Trinajstić information content (AvgIpc) is 3.14. The van der Waals surface area contributed by atoms with Gasteiger partial charge >= 0.3 is 0 Å². The van der Waals surface area contributed by atoms with Crippen molar-refractivity contribution in [1.29, 1.82) is 0 Å². The number of carbonyl (C=O) groups is 1. The molecular weight excluding hydrogens is 655 g/mol. The lowest BCUT2D eigenvalue weighted by Crippen LogP contribution is -2.39. The Morgan fingerprint density at radius 1 is 0.680 bits per heavy atom. The molecule has 3 atom stereocenters. The highest BCUT2D eigenvalue weighted by molar-refractivity contribution is 6.04. The van der Waals surface area contributed by atoms with Gasteiger partial charge in [-0.25, -0.2) is 22.0 Å². The van der Waals surface area contributed by atoms with E-state index in [0.717, 1.165) is 22.3 Å². The molecule has 258 valence electrons. The fourth-order valence-electron chi connectivity index (χ4n) is 5.95. The molecule has 0 saturated carbocycles. The molecule has 0 bridgehead atoms. The normalized spacial score (nSPS) is 17.5. The van der Waals surface area contributed by atoms with Gasteiger partial charge in [0.25, 0.3) is 5.91 Å². The van der Waals surface area contributed by atoms with Gasteiger partial charge in [0, 0.05) is 37.3 Å². The van der Waals surface area contributed by atoms with Gasteiger partial charge in [-0.1, -0.05) is 97.1 Å². The lowest BCUT2D eigenvalue weighted by Gasteiger charge is -2.38. The zero-order valence-corrected chi connectivity index (χ0v) is 26.7. The first-order chi connectivity index (χ1) is 24.2. The maximum Gasteiger partial charge on any atom is 0.261 e. The smallest absolute Gasteiger partial charge is 0.261 e. The third kappa shape index (κ3) is 8.09. The third-order valence-corrected chi connectivity index (χ3v) is 8.43. The van der Waals surface area contributed by atoms with Crippen LogP contribution in [0.15, 0.2) is 109 Å². The van der Waals surface area contributed by atoms with Crippen molar-refractivity contribution in [2.45, 2.75) is 44.6 Å². The standard InChI is InChI=1S/C39H33F5N2O4/c40-33-32(34(41)36(43)37(44)35(33)42)38(48)45-29-13-7-12-28(18-29)39-49-30(19-31(50-39)27-16-14-26(23-47)15-17-27)22-46(20-24-8-3-1-4-9-24)21-25-10-5-2-6-11-25/h1-18,30-31,39,47H,19-23H2,(H,45,48)/t30-,31+,39+/m1/s1. The number of carbonyl (C=O) groups excluding carboxylic acids is 1. The van der Waals surface area contributed by atoms with Crippen LogP contribution in [0.25, 0.3) is 0 Å². The number of rotatable bonds is 11. The van der Waals surface area contributed by atoms with Crippen LogP contribution in [0.4, 0.5) is 27.6 Å². The van der Waals surface area contributed by atoms with E-state index in [1.807, 2.05) is 60.7 Å². The van der Waals surface area contributed by atoms with Crippen molar-refractivity contribution in [3.63, 3.8) is 0 Å². The summed E-state index contributed by atoms with van der Waals surface area (Å²) in [7, 11) is 0. The quantitative estimate of drug-likeness (QED) is 0.0830. The SMILES string of the molecule is O=C(Nc1cccc([C@H]2O[C@@H](CN(Cc3ccccc3)Cc3ccccc3)C[C@@H](c3ccc(CO)cc3)O2)c1)c1c(F)c(F)c(F)c(F)c1F. The van der Waals surface area contributed by atoms with Gasteiger partial charge in [0.2, 0.25) is 5.82 Å². The van der Waals surface area contributed by atoms with Crippen LogP contribution in [-0.2, 0) is 29.2 Å². The number of hydrogen-bond donors (Lipinski definition) is 2. The molecule has 1 fully saturated rings. The van der Waals surface area contributed by atoms with Crippen LogP contribution in [0.2, 0.25) is 0 Å². The fourth-order valence-corrected chi connectivity index (χ4v) is 5.95. The van der Waals surface area contributed by atoms with E-state index in [1.54, 1.807) is 12.1 Å². The summed E-state index contributed by atoms with van der Waals surface area (Å²) < 4.78 is 82.9. The van der Waals surface area contributed by atoms with Crippen molar-refractivity contribution in [1.82, 2.24) is 4.90 Å². The molecule has 1 aliphatic rings. The Balaban J connectivity index is 1.27. The molecule has 1 aliphatic heterocycles. The molecule has 6 nitrogen and oxygen atoms in total. The Kier molecular flexibility index (Phi) is 11.0. The molecule has 1 saturated heterocycles. The number of hydrogen-bond acceptors (Lipinski definition) is 5. The summed E-state index contributed by atoms with van der Waals surface area (Å²) in [5.74, 6) is -12.8. The first-order valence-corrected chi connectivity index (χ1v) is 15.9. The van der Waals surface area contributed by atoms with E-state index >= 15 is 0 Å². The molecule has 6 rings (SSSR count). The number of aliphatic hydroxyl groups excluding tert-OH is 1. The van der Waals surface area contributed by atoms with Crippen LogP contribution < -0.4 is 5.32 Å². The van der Waals surface area contributed by atoms with Gasteiger partial charge in [-0.05, 0) is 34.4 Å². The Morgan fingerprint density at radius 3 is 1.84 bits per heavy atom. The first kappa shape index (κ1) is 34.9. The van der Waals surface area contributed by atoms with Crippen molar-refractivity contribution in [2.75, 3.05) is 11.9 Å². The van der Waals surface area contributed by atoms with Crippen molar-refractivity contribution in [3.8, 4) is 0 Å². The highest BCUT2D eigenvalue weighted by Gasteiger charge is 2.34. The van der Waals surface area contributed by atoms with E-state index in [1.165, 1.54) is 12.1 Å². The third-order valence-electron chi connectivity index (χ3n) is 8.43. The summed E-state index contributed by atoms with van der Waals surface area (Å²) >= 11 is 0. The molecule has 11 heteroatoms. The minimum atomic E-state index is -2.36. The number of nitrogens with one attached hydrogen (secondary N) is 1. The summed E-state index contributed by atoms with van der Waals surface area (Å²) in [6, 6.07) is 33.6. The molecular formula is C39H33F5N2O4. The van der Waals surface area contributed by atoms with Gasteiger partial charge in [-0.15, -0.1) is 0 Å². The zero-order chi connectivity index (χ0) is 35.2. The number of aliphatic hydroxyl groups is 1. The Labute approximate surface area is 285 Å². The molecule has 0 spiro atoms. The number of nitrogens with zero attached hydrogens (tertiary/aromatic N) is 1. The Hall–Kier alpha value is -4.94. The van der Waals surface area contributed by atoms with E-state index in [2.05, 4.69) is 34.5 Å². The van der Waals surface area contributed by atoms with E-state index < -0.39 is 53.0 Å². The second kappa shape index (κ2) is 15.7. The predicted octanol–water partition coefficient (Wildman–Crippen LogP) is 8.37. The number of ether oxygens (including phenoxy) is 2. The second-order valence-corrected chi connectivity index (χ2v) is 12.0. The molecule has 0 radical (unpaired) electrons. The highest BCUT2D eigenvalue weighted by Crippen LogP contribution is 2.39. The van der Waals surface area contributed by atoms with E-state index in [9.17, 15) is 31.9 Å². The van der Waals surface area contributed by atoms with Crippen LogP contribution >= 0.6 is 0 Å². The van der Waals surface area contributed by atoms with Gasteiger partial charge in [-0.3, -0.25) is 9.69 Å². The molecule has 50 heavy (non-hydrogen) atoms. The van der Waals surface area contributed by atoms with Gasteiger partial charge in [-0.2, -0.15) is 0 Å². The summed E-state index contributed by atoms with van der Waals surface area (Å²) in [6.07, 6.45) is -1.26. The van der Waals surface area contributed by atoms with Gasteiger partial charge < -0.3 is 19.9 Å². The van der Waals surface area contributed by atoms with Crippen molar-refractivity contribution < 1.29 is 41.3 Å². The summed E-state index contributed by atoms with van der Waals surface area (Å²) in [4.78, 5) is 15.1. The van der Waals surface area contributed by atoms with Gasteiger partial charge in [0.1, 0.15) is 5.56 Å². The minimum Gasteiger partial charge on any atom is -0.392 e. The molecule has 0 aromatic heterocycles. The van der Waals surface area contributed by atoms with Crippen LogP contribution in [0, 0.1) is 29.1 Å². The molecule has 0 unspecified atom stereocenters. The van der Waals surface area contributed by atoms with Crippen LogP contribution in [-0.4, -0.2) is 28.6 Å². The van der Waals surface area contributed by atoms with Gasteiger partial charge in [0.05, 0.1) is 18.8 Å². The van der Waals surface area contributed by atoms with E-state index in [0.29, 0.717) is 31.6 Å². The van der Waals surface area contributed by atoms with E-state index in [4.69, 9.17) is 9.47 Å². The predicted molar refractivity (Wildman–Crippen MR) is 176 cm³/mol. The van der Waals surface area contributed by atoms with E-state index in [-0.39, 0.29) is 18.4 Å². The molecule has 5 aromatic rings. The monoisotopic (exact) mass is 688 g/mol. The summed E-state index contributed by atoms with van der Waals surface area (Å²) in [5.41, 5.74) is 2.71. The highest BCUT2D eigenvalue weighted by atomic mass is 19.2. The molecule has 1 heterocycles. The summed E-state index contributed by atoms with van der Waals surface area (Å²) in [6.45, 7) is 1.70. The minimum absolute atomic E-state index is 0.0180. The Bertz CT molecular complexity index is 1860. The molecule has 0 aliphatic carbocycles. The lowest BCUT2D eigenvalue weighted by molar-refractivity contribution is -0.253. The number of anilines is 1. The number of amides is 1. The molecule has 2 N–H and O–H groups in total. The first-order valence-electron chi connectivity index (χ1n) is 15.9. The molecule has 5 aromatic carbocycles. The largest absolute Gasteiger partial charge is 0.392 e. The number of benzene rings is 5. The van der Waals surface area contributed by atoms with Crippen molar-refractivity contribution in [2.24, 2.45) is 0 Å². The Morgan fingerprint density at radius 2 is 1.26 bits per heavy atom. The van der Waals surface area contributed by atoms with Crippen LogP contribution in [0.5, 0.6) is 0 Å². The maximum atomic E-state index is 14.4. The van der Waals surface area contributed by atoms with Crippen molar-refractivity contribution in [3.05, 3.63) is 172 Å². The van der Waals surface area contributed by atoms with Crippen molar-refractivity contribution >= 4 is 11.6 Å². The maximum absolute atomic E-state index is 14.4. The summed E-state index contributed by atoms with van der Waals surface area (Å²) in [5, 5.41) is 11.8. The zero-order valence-electron chi connectivity index (χ0n) is 26.7. The average molecular weight is 689 g/mol. The molecule has 1 amide bonds. The van der Waals surface area contributed by atoms with Crippen LogP contribution in [0.3, 0.4) is 0 Å². The van der Waals surface area contributed by atoms with Gasteiger partial charge in [0.15, 0.2) is 29.6 Å². The second-order valence-electron chi connectivity index (χ2n) is 12.0.